The molecule has 4 atom stereocenters. The summed E-state index contributed by atoms with van der Waals surface area (Å²) in [5.41, 5.74) is 14.8. The molecule has 1 saturated carbocycles. The first-order chi connectivity index (χ1) is 14.7. The molecule has 0 aromatic heterocycles. The SMILES string of the molecule is CC=C1C[N+]2(C)CCC34C(=Nc5ccccc53)C(=CNNc3ccccc3)C1CC42. The topological polar surface area (TPSA) is 36.4 Å². The molecule has 6 rings (SSSR count). The van der Waals surface area contributed by atoms with E-state index in [0.29, 0.717) is 12.0 Å². The number of piperidine rings is 1. The first kappa shape index (κ1) is 18.0. The first-order valence-corrected chi connectivity index (χ1v) is 11.1. The quantitative estimate of drug-likeness (QED) is 0.447. The van der Waals surface area contributed by atoms with Gasteiger partial charge >= 0.3 is 0 Å². The lowest BCUT2D eigenvalue weighted by molar-refractivity contribution is -0.923. The summed E-state index contributed by atoms with van der Waals surface area (Å²) in [6.45, 7) is 4.59. The third-order valence-corrected chi connectivity index (χ3v) is 8.07. The number of nitrogens with one attached hydrogen (secondary N) is 2. The van der Waals surface area contributed by atoms with Crippen molar-refractivity contribution in [2.75, 3.05) is 25.6 Å². The lowest BCUT2D eigenvalue weighted by atomic mass is 9.58. The highest BCUT2D eigenvalue weighted by Crippen LogP contribution is 2.61. The van der Waals surface area contributed by atoms with Crippen molar-refractivity contribution in [2.45, 2.75) is 31.2 Å². The number of rotatable bonds is 3. The molecule has 1 spiro atoms. The zero-order valence-corrected chi connectivity index (χ0v) is 17.7. The van der Waals surface area contributed by atoms with Gasteiger partial charge in [0, 0.05) is 25.0 Å². The van der Waals surface area contributed by atoms with Crippen LogP contribution in [0.5, 0.6) is 0 Å². The Morgan fingerprint density at radius 1 is 1.10 bits per heavy atom. The number of hydrazine groups is 1. The fraction of sp³-hybridized carbons (Fsp3) is 0.346. The van der Waals surface area contributed by atoms with Gasteiger partial charge in [-0.15, -0.1) is 0 Å². The monoisotopic (exact) mass is 397 g/mol. The molecule has 2 aromatic carbocycles. The van der Waals surface area contributed by atoms with Crippen LogP contribution in [-0.4, -0.2) is 36.4 Å². The zero-order valence-electron chi connectivity index (χ0n) is 17.7. The predicted octanol–water partition coefficient (Wildman–Crippen LogP) is 4.71. The largest absolute Gasteiger partial charge is 0.319 e. The molecule has 2 bridgehead atoms. The molecule has 4 aliphatic rings. The van der Waals surface area contributed by atoms with E-state index in [0.717, 1.165) is 16.7 Å². The molecule has 2 saturated heterocycles. The van der Waals surface area contributed by atoms with Gasteiger partial charge in [0.2, 0.25) is 0 Å². The fourth-order valence-electron chi connectivity index (χ4n) is 6.71. The average molecular weight is 398 g/mol. The number of fused-ring (bicyclic) bond motifs is 2. The van der Waals surface area contributed by atoms with Crippen molar-refractivity contribution < 1.29 is 4.48 Å². The maximum absolute atomic E-state index is 5.28. The van der Waals surface area contributed by atoms with E-state index in [1.54, 1.807) is 5.57 Å². The Morgan fingerprint density at radius 3 is 2.73 bits per heavy atom. The summed E-state index contributed by atoms with van der Waals surface area (Å²) < 4.78 is 1.16. The Labute approximate surface area is 178 Å². The molecule has 3 fully saturated rings. The third kappa shape index (κ3) is 2.28. The number of anilines is 1. The molecule has 4 unspecified atom stereocenters. The van der Waals surface area contributed by atoms with Crippen molar-refractivity contribution in [1.29, 1.82) is 0 Å². The molecule has 4 nitrogen and oxygen atoms in total. The van der Waals surface area contributed by atoms with Crippen LogP contribution in [0.1, 0.15) is 25.3 Å². The molecule has 2 aromatic rings. The minimum atomic E-state index is 0.0708. The van der Waals surface area contributed by atoms with Crippen LogP contribution in [0.25, 0.3) is 0 Å². The molecule has 0 amide bonds. The minimum Gasteiger partial charge on any atom is -0.319 e. The van der Waals surface area contributed by atoms with Crippen molar-refractivity contribution in [3.8, 4) is 0 Å². The van der Waals surface area contributed by atoms with Crippen LogP contribution in [0.2, 0.25) is 0 Å². The van der Waals surface area contributed by atoms with E-state index in [1.807, 2.05) is 18.2 Å². The molecule has 3 aliphatic heterocycles. The summed E-state index contributed by atoms with van der Waals surface area (Å²) in [6, 6.07) is 19.8. The number of benzene rings is 2. The van der Waals surface area contributed by atoms with E-state index >= 15 is 0 Å². The second-order valence-corrected chi connectivity index (χ2v) is 9.46. The van der Waals surface area contributed by atoms with Crippen molar-refractivity contribution in [3.63, 3.8) is 0 Å². The normalized spacial score (nSPS) is 35.7. The van der Waals surface area contributed by atoms with Crippen LogP contribution in [-0.2, 0) is 5.41 Å². The molecule has 1 aliphatic carbocycles. The molecule has 2 N–H and O–H groups in total. The number of nitrogens with zero attached hydrogens (tertiary/aromatic N) is 2. The summed E-state index contributed by atoms with van der Waals surface area (Å²) in [5, 5.41) is 0. The Hall–Kier alpha value is -2.85. The molecule has 152 valence electrons. The molecular formula is C26H29N4+. The highest BCUT2D eigenvalue weighted by atomic mass is 15.4. The summed E-state index contributed by atoms with van der Waals surface area (Å²) in [4.78, 5) is 5.28. The second-order valence-electron chi connectivity index (χ2n) is 9.46. The van der Waals surface area contributed by atoms with Crippen LogP contribution < -0.4 is 10.9 Å². The van der Waals surface area contributed by atoms with Crippen molar-refractivity contribution >= 4 is 17.1 Å². The zero-order chi connectivity index (χ0) is 20.3. The van der Waals surface area contributed by atoms with E-state index in [-0.39, 0.29) is 5.41 Å². The van der Waals surface area contributed by atoms with Crippen molar-refractivity contribution in [2.24, 2.45) is 10.9 Å². The number of para-hydroxylation sites is 2. The maximum Gasteiger partial charge on any atom is 0.106 e. The van der Waals surface area contributed by atoms with E-state index in [1.165, 1.54) is 41.9 Å². The number of likely N-dealkylation sites (N-methyl/N-ethyl adjacent to an activating group) is 1. The van der Waals surface area contributed by atoms with Crippen LogP contribution in [0.4, 0.5) is 11.4 Å². The maximum atomic E-state index is 5.28. The standard InChI is InChI=1S/C26H29N4/c1-3-18-17-30(2)14-13-26-22-11-7-8-12-23(22)28-25(26)21(20(18)15-24(26)30)16-27-29-19-9-5-4-6-10-19/h3-12,16,20,24,27,29H,13-15,17H2,1-2H3/q+1. The summed E-state index contributed by atoms with van der Waals surface area (Å²) >= 11 is 0. The van der Waals surface area contributed by atoms with Crippen molar-refractivity contribution in [1.82, 2.24) is 5.43 Å². The van der Waals surface area contributed by atoms with E-state index < -0.39 is 0 Å². The number of quaternary nitrogens is 1. The van der Waals surface area contributed by atoms with Gasteiger partial charge in [-0.3, -0.25) is 4.99 Å². The van der Waals surface area contributed by atoms with E-state index in [9.17, 15) is 0 Å². The van der Waals surface area contributed by atoms with Crippen LogP contribution in [0.15, 0.2) is 83.0 Å². The van der Waals surface area contributed by atoms with Gasteiger partial charge in [0.15, 0.2) is 0 Å². The van der Waals surface area contributed by atoms with Gasteiger partial charge in [0.1, 0.15) is 12.6 Å². The summed E-state index contributed by atoms with van der Waals surface area (Å²) in [5.74, 6) is 0.454. The number of hydrogen-bond acceptors (Lipinski definition) is 3. The van der Waals surface area contributed by atoms with E-state index in [4.69, 9.17) is 4.99 Å². The van der Waals surface area contributed by atoms with Crippen LogP contribution in [0, 0.1) is 5.92 Å². The Bertz CT molecular complexity index is 1100. The average Bonchev–Trinajstić information content (AvgIpc) is 3.29. The summed E-state index contributed by atoms with van der Waals surface area (Å²) in [7, 11) is 2.47. The Kier molecular flexibility index (Phi) is 3.79. The Balaban J connectivity index is 1.46. The van der Waals surface area contributed by atoms with Gasteiger partial charge in [0.25, 0.3) is 0 Å². The molecular weight excluding hydrogens is 368 g/mol. The van der Waals surface area contributed by atoms with Gasteiger partial charge in [0.05, 0.1) is 36.1 Å². The third-order valence-electron chi connectivity index (χ3n) is 8.07. The Morgan fingerprint density at radius 2 is 1.90 bits per heavy atom. The highest BCUT2D eigenvalue weighted by Gasteiger charge is 2.68. The minimum absolute atomic E-state index is 0.0708. The van der Waals surface area contributed by atoms with Crippen LogP contribution >= 0.6 is 0 Å². The lowest BCUT2D eigenvalue weighted by Crippen LogP contribution is -2.63. The molecule has 3 heterocycles. The summed E-state index contributed by atoms with van der Waals surface area (Å²) in [6.07, 6.45) is 6.95. The van der Waals surface area contributed by atoms with Crippen molar-refractivity contribution in [3.05, 3.63) is 83.6 Å². The van der Waals surface area contributed by atoms with Crippen LogP contribution in [0.3, 0.4) is 0 Å². The molecule has 4 heteroatoms. The molecule has 30 heavy (non-hydrogen) atoms. The van der Waals surface area contributed by atoms with Gasteiger partial charge in [-0.05, 0) is 41.8 Å². The number of allylic oxidation sites excluding steroid dienone is 2. The van der Waals surface area contributed by atoms with Gasteiger partial charge < -0.3 is 15.3 Å². The fourth-order valence-corrected chi connectivity index (χ4v) is 6.71. The molecule has 0 radical (unpaired) electrons. The number of hydrogen-bond donors (Lipinski definition) is 2. The van der Waals surface area contributed by atoms with Gasteiger partial charge in [-0.25, -0.2) is 0 Å². The highest BCUT2D eigenvalue weighted by molar-refractivity contribution is 6.14. The smallest absolute Gasteiger partial charge is 0.106 e. The van der Waals surface area contributed by atoms with Gasteiger partial charge in [-0.1, -0.05) is 42.5 Å². The first-order valence-electron chi connectivity index (χ1n) is 11.1. The van der Waals surface area contributed by atoms with Gasteiger partial charge in [-0.2, -0.15) is 0 Å². The number of aliphatic imine (C=N–C) groups is 1. The van der Waals surface area contributed by atoms with E-state index in [2.05, 4.69) is 73.5 Å². The predicted molar refractivity (Wildman–Crippen MR) is 123 cm³/mol. The second kappa shape index (κ2) is 6.32. The lowest BCUT2D eigenvalue weighted by Gasteiger charge is -2.52.